The fraction of sp³-hybridized carbons (Fsp3) is 0.467. The van der Waals surface area contributed by atoms with Crippen LogP contribution >= 0.6 is 0 Å². The molecule has 1 amide bonds. The van der Waals surface area contributed by atoms with Crippen LogP contribution in [0.4, 0.5) is 0 Å². The van der Waals surface area contributed by atoms with Gasteiger partial charge >= 0.3 is 5.97 Å². The standard InChI is InChI=1S/C15H20N2O3/c1-17(10-14(18)16-13-7-8-13)9-11-3-5-12(6-4-11)15(19)20-2/h3-6,13H,7-10H2,1-2H3,(H,16,18)/p+1. The third kappa shape index (κ3) is 4.35. The van der Waals surface area contributed by atoms with Gasteiger partial charge in [-0.1, -0.05) is 12.1 Å². The predicted octanol–water partition coefficient (Wildman–Crippen LogP) is -0.233. The van der Waals surface area contributed by atoms with Crippen LogP contribution in [0, 0.1) is 0 Å². The van der Waals surface area contributed by atoms with Crippen molar-refractivity contribution >= 4 is 11.9 Å². The Morgan fingerprint density at radius 2 is 1.95 bits per heavy atom. The van der Waals surface area contributed by atoms with E-state index in [0.29, 0.717) is 18.2 Å². The van der Waals surface area contributed by atoms with Crippen LogP contribution in [0.25, 0.3) is 0 Å². The number of quaternary nitrogens is 1. The second kappa shape index (κ2) is 6.52. The first kappa shape index (κ1) is 14.5. The normalized spacial score (nSPS) is 15.5. The highest BCUT2D eigenvalue weighted by Crippen LogP contribution is 2.17. The summed E-state index contributed by atoms with van der Waals surface area (Å²) in [6, 6.07) is 7.70. The number of carbonyl (C=O) groups is 2. The number of methoxy groups -OCH3 is 1. The molecular weight excluding hydrogens is 256 g/mol. The van der Waals surface area contributed by atoms with Crippen molar-refractivity contribution in [2.75, 3.05) is 20.7 Å². The Morgan fingerprint density at radius 1 is 1.30 bits per heavy atom. The summed E-state index contributed by atoms with van der Waals surface area (Å²) in [6.45, 7) is 1.22. The van der Waals surface area contributed by atoms with Crippen LogP contribution in [0.15, 0.2) is 24.3 Å². The molecule has 0 heterocycles. The highest BCUT2D eigenvalue weighted by molar-refractivity contribution is 5.89. The molecule has 0 saturated heterocycles. The zero-order chi connectivity index (χ0) is 14.5. The van der Waals surface area contributed by atoms with Crippen LogP contribution in [0.3, 0.4) is 0 Å². The SMILES string of the molecule is COC(=O)c1ccc(C[NH+](C)CC(=O)NC2CC2)cc1. The summed E-state index contributed by atoms with van der Waals surface area (Å²) in [5, 5.41) is 2.98. The van der Waals surface area contributed by atoms with E-state index in [2.05, 4.69) is 10.1 Å². The fourth-order valence-corrected chi connectivity index (χ4v) is 2.07. The van der Waals surface area contributed by atoms with Gasteiger partial charge in [-0.2, -0.15) is 0 Å². The van der Waals surface area contributed by atoms with Crippen LogP contribution in [-0.4, -0.2) is 38.6 Å². The van der Waals surface area contributed by atoms with Crippen LogP contribution in [0.5, 0.6) is 0 Å². The molecular formula is C15H21N2O3+. The Labute approximate surface area is 118 Å². The van der Waals surface area contributed by atoms with Gasteiger partial charge in [0.25, 0.3) is 5.91 Å². The molecule has 1 atom stereocenters. The van der Waals surface area contributed by atoms with Gasteiger partial charge in [0.15, 0.2) is 6.54 Å². The quantitative estimate of drug-likeness (QED) is 0.706. The Morgan fingerprint density at radius 3 is 2.50 bits per heavy atom. The highest BCUT2D eigenvalue weighted by Gasteiger charge is 2.24. The topological polar surface area (TPSA) is 59.8 Å². The Bertz CT molecular complexity index is 480. The number of hydrogen-bond acceptors (Lipinski definition) is 3. The van der Waals surface area contributed by atoms with Crippen molar-refractivity contribution in [3.05, 3.63) is 35.4 Å². The summed E-state index contributed by atoms with van der Waals surface area (Å²) in [5.41, 5.74) is 1.63. The van der Waals surface area contributed by atoms with Gasteiger partial charge in [0.05, 0.1) is 19.7 Å². The van der Waals surface area contributed by atoms with E-state index in [4.69, 9.17) is 0 Å². The van der Waals surface area contributed by atoms with Crippen molar-refractivity contribution in [1.29, 1.82) is 0 Å². The van der Waals surface area contributed by atoms with Gasteiger partial charge in [-0.05, 0) is 25.0 Å². The predicted molar refractivity (Wildman–Crippen MR) is 74.4 cm³/mol. The molecule has 1 fully saturated rings. The molecule has 2 N–H and O–H groups in total. The number of hydrogen-bond donors (Lipinski definition) is 2. The molecule has 108 valence electrons. The van der Waals surface area contributed by atoms with Gasteiger partial charge in [-0.3, -0.25) is 4.79 Å². The molecule has 1 aromatic carbocycles. The van der Waals surface area contributed by atoms with Crippen molar-refractivity contribution in [2.45, 2.75) is 25.4 Å². The largest absolute Gasteiger partial charge is 0.465 e. The number of esters is 1. The Balaban J connectivity index is 1.82. The molecule has 2 rings (SSSR count). The molecule has 1 saturated carbocycles. The molecule has 0 aliphatic heterocycles. The lowest BCUT2D eigenvalue weighted by molar-refractivity contribution is -0.885. The van der Waals surface area contributed by atoms with Gasteiger partial charge in [0.1, 0.15) is 6.54 Å². The molecule has 5 heteroatoms. The maximum atomic E-state index is 11.7. The second-order valence-electron chi connectivity index (χ2n) is 5.34. The maximum Gasteiger partial charge on any atom is 0.337 e. The minimum Gasteiger partial charge on any atom is -0.465 e. The van der Waals surface area contributed by atoms with Crippen LogP contribution in [0.2, 0.25) is 0 Å². The lowest BCUT2D eigenvalue weighted by Crippen LogP contribution is -3.08. The Hall–Kier alpha value is -1.88. The zero-order valence-electron chi connectivity index (χ0n) is 11.9. The smallest absolute Gasteiger partial charge is 0.337 e. The molecule has 0 aromatic heterocycles. The van der Waals surface area contributed by atoms with Gasteiger partial charge in [-0.25, -0.2) is 4.79 Å². The number of amides is 1. The molecule has 0 spiro atoms. The van der Waals surface area contributed by atoms with E-state index in [1.807, 2.05) is 19.2 Å². The lowest BCUT2D eigenvalue weighted by atomic mass is 10.1. The molecule has 0 radical (unpaired) electrons. The minimum absolute atomic E-state index is 0.108. The number of carbonyl (C=O) groups excluding carboxylic acids is 2. The second-order valence-corrected chi connectivity index (χ2v) is 5.34. The summed E-state index contributed by atoms with van der Waals surface area (Å²) in [6.07, 6.45) is 2.22. The average molecular weight is 277 g/mol. The van der Waals surface area contributed by atoms with Crippen molar-refractivity contribution in [2.24, 2.45) is 0 Å². The van der Waals surface area contributed by atoms with E-state index in [1.165, 1.54) is 7.11 Å². The van der Waals surface area contributed by atoms with Gasteiger partial charge in [0.2, 0.25) is 0 Å². The highest BCUT2D eigenvalue weighted by atomic mass is 16.5. The molecule has 5 nitrogen and oxygen atoms in total. The van der Waals surface area contributed by atoms with Crippen molar-refractivity contribution in [3.8, 4) is 0 Å². The van der Waals surface area contributed by atoms with Crippen LogP contribution in [0.1, 0.15) is 28.8 Å². The maximum absolute atomic E-state index is 11.7. The third-order valence-corrected chi connectivity index (χ3v) is 3.29. The van der Waals surface area contributed by atoms with Gasteiger partial charge in [0, 0.05) is 11.6 Å². The van der Waals surface area contributed by atoms with Gasteiger partial charge in [-0.15, -0.1) is 0 Å². The number of ether oxygens (including phenoxy) is 1. The van der Waals surface area contributed by atoms with Crippen molar-refractivity contribution < 1.29 is 19.2 Å². The first-order valence-electron chi connectivity index (χ1n) is 6.86. The molecule has 1 aliphatic rings. The fourth-order valence-electron chi connectivity index (χ4n) is 2.07. The van der Waals surface area contributed by atoms with Crippen LogP contribution in [-0.2, 0) is 16.1 Å². The molecule has 1 unspecified atom stereocenters. The van der Waals surface area contributed by atoms with E-state index in [-0.39, 0.29) is 11.9 Å². The summed E-state index contributed by atoms with van der Waals surface area (Å²) >= 11 is 0. The average Bonchev–Trinajstić information content (AvgIpc) is 3.22. The van der Waals surface area contributed by atoms with Crippen molar-refractivity contribution in [1.82, 2.24) is 5.32 Å². The number of benzene rings is 1. The van der Waals surface area contributed by atoms with E-state index < -0.39 is 0 Å². The number of rotatable bonds is 6. The summed E-state index contributed by atoms with van der Waals surface area (Å²) in [5.74, 6) is -0.225. The summed E-state index contributed by atoms with van der Waals surface area (Å²) in [7, 11) is 3.35. The molecule has 1 aromatic rings. The Kier molecular flexibility index (Phi) is 4.74. The molecule has 20 heavy (non-hydrogen) atoms. The minimum atomic E-state index is -0.332. The zero-order valence-corrected chi connectivity index (χ0v) is 11.9. The molecule has 1 aliphatic carbocycles. The summed E-state index contributed by atoms with van der Waals surface area (Å²) in [4.78, 5) is 24.1. The number of likely N-dealkylation sites (N-methyl/N-ethyl adjacent to an activating group) is 1. The van der Waals surface area contributed by atoms with Crippen LogP contribution < -0.4 is 10.2 Å². The van der Waals surface area contributed by atoms with E-state index in [9.17, 15) is 9.59 Å². The van der Waals surface area contributed by atoms with Gasteiger partial charge < -0.3 is 15.0 Å². The monoisotopic (exact) mass is 277 g/mol. The van der Waals surface area contributed by atoms with E-state index >= 15 is 0 Å². The van der Waals surface area contributed by atoms with Crippen molar-refractivity contribution in [3.63, 3.8) is 0 Å². The molecule has 0 bridgehead atoms. The van der Waals surface area contributed by atoms with E-state index in [1.54, 1.807) is 12.1 Å². The third-order valence-electron chi connectivity index (χ3n) is 3.29. The summed E-state index contributed by atoms with van der Waals surface area (Å²) < 4.78 is 4.66. The van der Waals surface area contributed by atoms with E-state index in [0.717, 1.165) is 29.8 Å². The first-order valence-corrected chi connectivity index (χ1v) is 6.86. The number of nitrogens with one attached hydrogen (secondary N) is 2. The lowest BCUT2D eigenvalue weighted by Gasteiger charge is -2.14. The first-order chi connectivity index (χ1) is 9.58.